The molecule has 6 heteroatoms. The number of unbranched alkanes of at least 4 members (excludes halogenated alkanes) is 9. The zero-order chi connectivity index (χ0) is 31.7. The first-order valence-corrected chi connectivity index (χ1v) is 17.9. The molecule has 3 aromatic carbocycles. The number of amides is 1. The summed E-state index contributed by atoms with van der Waals surface area (Å²) in [5.41, 5.74) is 2.69. The van der Waals surface area contributed by atoms with Crippen molar-refractivity contribution >= 4 is 32.4 Å². The van der Waals surface area contributed by atoms with Crippen LogP contribution in [0.25, 0.3) is 0 Å². The Morgan fingerprint density at radius 3 is 1.33 bits per heavy atom. The molecule has 1 heterocycles. The molecule has 0 bridgehead atoms. The average Bonchev–Trinajstić information content (AvgIpc) is 3.42. The Labute approximate surface area is 274 Å². The van der Waals surface area contributed by atoms with Crippen LogP contribution in [0, 0.1) is 0 Å². The molecule has 0 unspecified atom stereocenters. The van der Waals surface area contributed by atoms with Crippen LogP contribution >= 0.6 is 10.9 Å². The third-order valence-corrected chi connectivity index (χ3v) is 9.14. The molecule has 0 N–H and O–H groups in total. The quantitative estimate of drug-likeness (QED) is 0.0869. The molecule has 0 aliphatic carbocycles. The van der Waals surface area contributed by atoms with Crippen molar-refractivity contribution in [1.82, 2.24) is 0 Å². The van der Waals surface area contributed by atoms with E-state index in [9.17, 15) is 4.79 Å². The van der Waals surface area contributed by atoms with Gasteiger partial charge in [-0.3, -0.25) is 9.69 Å². The largest absolute Gasteiger partial charge is 0.494 e. The number of ether oxygens (including phenoxy) is 3. The first-order chi connectivity index (χ1) is 22.1. The maximum absolute atomic E-state index is 14.1. The van der Waals surface area contributed by atoms with Crippen molar-refractivity contribution < 1.29 is 19.0 Å². The van der Waals surface area contributed by atoms with Crippen LogP contribution in [0.1, 0.15) is 109 Å². The predicted molar refractivity (Wildman–Crippen MR) is 192 cm³/mol. The SMILES string of the molecule is CCCCCCOc1ccc(C2=S=C(c3ccc(OCCCCCC)cc3)N(c3ccc(OCCCCCC)cc3)C2=O)cc1. The number of nitrogens with zero attached hydrogens (tertiary/aromatic N) is 1. The zero-order valence-electron chi connectivity index (χ0n) is 27.5. The molecule has 0 fully saturated rings. The molecule has 242 valence electrons. The molecule has 4 rings (SSSR count). The zero-order valence-corrected chi connectivity index (χ0v) is 28.3. The van der Waals surface area contributed by atoms with Gasteiger partial charge in [-0.1, -0.05) is 78.6 Å². The lowest BCUT2D eigenvalue weighted by Crippen LogP contribution is -2.36. The van der Waals surface area contributed by atoms with E-state index in [-0.39, 0.29) is 5.91 Å². The van der Waals surface area contributed by atoms with E-state index in [1.165, 1.54) is 68.7 Å². The van der Waals surface area contributed by atoms with Gasteiger partial charge in [-0.15, -0.1) is 10.9 Å². The normalized spacial score (nSPS) is 12.9. The number of hydrogen-bond acceptors (Lipinski definition) is 4. The van der Waals surface area contributed by atoms with Gasteiger partial charge >= 0.3 is 0 Å². The Morgan fingerprint density at radius 1 is 0.511 bits per heavy atom. The number of hydrogen-bond donors (Lipinski definition) is 0. The first kappa shape index (κ1) is 34.4. The van der Waals surface area contributed by atoms with Crippen molar-refractivity contribution in [1.29, 1.82) is 0 Å². The Morgan fingerprint density at radius 2 is 0.911 bits per heavy atom. The molecule has 0 saturated carbocycles. The fourth-order valence-electron chi connectivity index (χ4n) is 5.23. The summed E-state index contributed by atoms with van der Waals surface area (Å²) in [5.74, 6) is 2.48. The van der Waals surface area contributed by atoms with Gasteiger partial charge in [0, 0.05) is 5.56 Å². The van der Waals surface area contributed by atoms with Crippen LogP contribution in [-0.2, 0) is 4.79 Å². The van der Waals surface area contributed by atoms with Gasteiger partial charge in [-0.2, -0.15) is 0 Å². The molecule has 0 aromatic heterocycles. The minimum atomic E-state index is -0.0345. The van der Waals surface area contributed by atoms with Crippen molar-refractivity contribution in [3.05, 3.63) is 83.9 Å². The van der Waals surface area contributed by atoms with Crippen molar-refractivity contribution in [2.45, 2.75) is 97.8 Å². The summed E-state index contributed by atoms with van der Waals surface area (Å²) < 4.78 is 17.9. The summed E-state index contributed by atoms with van der Waals surface area (Å²) in [6.07, 6.45) is 14.1. The molecule has 1 aliphatic rings. The van der Waals surface area contributed by atoms with E-state index in [1.54, 1.807) is 0 Å². The molecule has 0 saturated heterocycles. The first-order valence-electron chi connectivity index (χ1n) is 17.1. The third kappa shape index (κ3) is 10.5. The van der Waals surface area contributed by atoms with Gasteiger partial charge in [0.2, 0.25) is 0 Å². The number of anilines is 1. The van der Waals surface area contributed by atoms with E-state index in [4.69, 9.17) is 14.2 Å². The second-order valence-electron chi connectivity index (χ2n) is 11.6. The Bertz CT molecular complexity index is 1380. The summed E-state index contributed by atoms with van der Waals surface area (Å²) in [6, 6.07) is 23.9. The van der Waals surface area contributed by atoms with Crippen molar-refractivity contribution in [2.24, 2.45) is 0 Å². The van der Waals surface area contributed by atoms with Gasteiger partial charge in [0.05, 0.1) is 25.5 Å². The third-order valence-electron chi connectivity index (χ3n) is 7.91. The molecule has 1 amide bonds. The van der Waals surface area contributed by atoms with Gasteiger partial charge in [-0.25, -0.2) is 0 Å². The van der Waals surface area contributed by atoms with Crippen LogP contribution in [0.15, 0.2) is 72.8 Å². The molecule has 0 radical (unpaired) electrons. The number of carbonyl (C=O) groups excluding carboxylic acids is 1. The summed E-state index contributed by atoms with van der Waals surface area (Å²) in [7, 11) is 1.52. The van der Waals surface area contributed by atoms with E-state index in [2.05, 4.69) is 32.9 Å². The van der Waals surface area contributed by atoms with E-state index < -0.39 is 0 Å². The maximum Gasteiger partial charge on any atom is 0.274 e. The van der Waals surface area contributed by atoms with Gasteiger partial charge in [0.15, 0.2) is 0 Å². The number of benzene rings is 3. The number of rotatable bonds is 21. The summed E-state index contributed by atoms with van der Waals surface area (Å²) in [4.78, 5) is 17.5. The molecule has 0 atom stereocenters. The van der Waals surface area contributed by atoms with Crippen LogP contribution < -0.4 is 19.1 Å². The summed E-state index contributed by atoms with van der Waals surface area (Å²) in [5, 5.41) is 0. The Balaban J connectivity index is 1.52. The summed E-state index contributed by atoms with van der Waals surface area (Å²) >= 11 is 0. The standard InChI is InChI=1S/C39H51NO4S/c1-4-7-10-13-28-42-34-22-16-31(17-23-34)37-38(41)40(33-20-26-36(27-21-33)44-30-15-12-9-6-3)39(45-37)32-18-24-35(25-19-32)43-29-14-11-8-5-2/h16-27H,4-15,28-30H2,1-3H3. The molecular weight excluding hydrogens is 578 g/mol. The van der Waals surface area contributed by atoms with Crippen LogP contribution in [0.2, 0.25) is 0 Å². The maximum atomic E-state index is 14.1. The lowest BCUT2D eigenvalue weighted by atomic mass is 10.1. The molecule has 3 aromatic rings. The highest BCUT2D eigenvalue weighted by Gasteiger charge is 2.31. The highest BCUT2D eigenvalue weighted by molar-refractivity contribution is 8.01. The molecular formula is C39H51NO4S. The van der Waals surface area contributed by atoms with E-state index in [0.29, 0.717) is 18.1 Å². The second-order valence-corrected chi connectivity index (χ2v) is 12.6. The molecule has 5 nitrogen and oxygen atoms in total. The van der Waals surface area contributed by atoms with Crippen LogP contribution in [0.3, 0.4) is 0 Å². The van der Waals surface area contributed by atoms with Crippen molar-refractivity contribution in [3.63, 3.8) is 0 Å². The van der Waals surface area contributed by atoms with Crippen molar-refractivity contribution in [2.75, 3.05) is 24.7 Å². The highest BCUT2D eigenvalue weighted by Crippen LogP contribution is 2.29. The van der Waals surface area contributed by atoms with E-state index in [0.717, 1.165) is 64.9 Å². The second kappa shape index (κ2) is 19.1. The molecule has 45 heavy (non-hydrogen) atoms. The van der Waals surface area contributed by atoms with Crippen LogP contribution in [-0.4, -0.2) is 35.6 Å². The molecule has 1 aliphatic heterocycles. The fraction of sp³-hybridized carbons (Fsp3) is 0.462. The average molecular weight is 630 g/mol. The lowest BCUT2D eigenvalue weighted by molar-refractivity contribution is -0.111. The molecule has 0 spiro atoms. The Kier molecular flexibility index (Phi) is 14.6. The summed E-state index contributed by atoms with van der Waals surface area (Å²) in [6.45, 7) is 8.78. The monoisotopic (exact) mass is 629 g/mol. The number of carbonyl (C=O) groups is 1. The fourth-order valence-corrected chi connectivity index (χ4v) is 6.39. The minimum absolute atomic E-state index is 0.0345. The minimum Gasteiger partial charge on any atom is -0.494 e. The van der Waals surface area contributed by atoms with Gasteiger partial charge in [0.25, 0.3) is 5.91 Å². The lowest BCUT2D eigenvalue weighted by Gasteiger charge is -2.21. The van der Waals surface area contributed by atoms with Gasteiger partial charge in [-0.05, 0) is 97.6 Å². The van der Waals surface area contributed by atoms with Gasteiger partial charge < -0.3 is 14.2 Å². The van der Waals surface area contributed by atoms with Crippen LogP contribution in [0.4, 0.5) is 5.69 Å². The van der Waals surface area contributed by atoms with Gasteiger partial charge in [0.1, 0.15) is 27.1 Å². The highest BCUT2D eigenvalue weighted by atomic mass is 32.1. The Hall–Kier alpha value is -3.51. The van der Waals surface area contributed by atoms with E-state index >= 15 is 0 Å². The van der Waals surface area contributed by atoms with E-state index in [1.807, 2.05) is 65.6 Å². The predicted octanol–water partition coefficient (Wildman–Crippen LogP) is 10.0. The topological polar surface area (TPSA) is 48.0 Å². The smallest absolute Gasteiger partial charge is 0.274 e. The van der Waals surface area contributed by atoms with Crippen LogP contribution in [0.5, 0.6) is 17.2 Å². The van der Waals surface area contributed by atoms with Crippen molar-refractivity contribution in [3.8, 4) is 17.2 Å².